The lowest BCUT2D eigenvalue weighted by atomic mass is 9.71. The summed E-state index contributed by atoms with van der Waals surface area (Å²) in [7, 11) is 0. The molecule has 7 nitrogen and oxygen atoms in total. The van der Waals surface area contributed by atoms with Gasteiger partial charge in [-0.15, -0.1) is 0 Å². The Balaban J connectivity index is 1.75. The van der Waals surface area contributed by atoms with Gasteiger partial charge in [-0.1, -0.05) is 68.2 Å². The molecule has 0 spiro atoms. The number of amides is 2. The first-order valence-electron chi connectivity index (χ1n) is 15.8. The maximum atomic E-state index is 15.0. The van der Waals surface area contributed by atoms with Gasteiger partial charge in [0.2, 0.25) is 0 Å². The Kier molecular flexibility index (Phi) is 9.55. The quantitative estimate of drug-likeness (QED) is 0.280. The predicted molar refractivity (Wildman–Crippen MR) is 181 cm³/mol. The van der Waals surface area contributed by atoms with E-state index in [4.69, 9.17) is 37.9 Å². The molecule has 2 aliphatic heterocycles. The van der Waals surface area contributed by atoms with Crippen molar-refractivity contribution >= 4 is 35.1 Å². The van der Waals surface area contributed by atoms with Gasteiger partial charge in [-0.3, -0.25) is 14.9 Å². The molecule has 0 radical (unpaired) electrons. The minimum absolute atomic E-state index is 0.131. The predicted octanol–water partition coefficient (Wildman–Crippen LogP) is 8.19. The first kappa shape index (κ1) is 33.2. The fourth-order valence-corrected chi connectivity index (χ4v) is 6.85. The van der Waals surface area contributed by atoms with E-state index < -0.39 is 11.1 Å². The number of carbonyl (C=O) groups is 1. The van der Waals surface area contributed by atoms with Crippen LogP contribution >= 0.6 is 23.2 Å². The zero-order chi connectivity index (χ0) is 32.6. The zero-order valence-corrected chi connectivity index (χ0v) is 28.6. The molecule has 5 rings (SSSR count). The van der Waals surface area contributed by atoms with Gasteiger partial charge < -0.3 is 14.7 Å². The van der Waals surface area contributed by atoms with Crippen LogP contribution in [-0.2, 0) is 16.5 Å². The van der Waals surface area contributed by atoms with Crippen LogP contribution in [-0.4, -0.2) is 58.1 Å². The Bertz CT molecular complexity index is 1550. The molecule has 1 N–H and O–H groups in total. The first-order valence-corrected chi connectivity index (χ1v) is 16.5. The number of ether oxygens (including phenoxy) is 1. The number of likely N-dealkylation sites (tertiary alicyclic amines) is 1. The van der Waals surface area contributed by atoms with Crippen LogP contribution in [0.15, 0.2) is 65.8 Å². The van der Waals surface area contributed by atoms with Gasteiger partial charge in [0.15, 0.2) is 0 Å². The summed E-state index contributed by atoms with van der Waals surface area (Å²) in [5.74, 6) is 1.53. The van der Waals surface area contributed by atoms with Crippen molar-refractivity contribution in [2.24, 2.45) is 10.9 Å². The molecule has 1 saturated heterocycles. The lowest BCUT2D eigenvalue weighted by Gasteiger charge is -2.47. The molecule has 0 unspecified atom stereocenters. The molecule has 0 bridgehead atoms. The van der Waals surface area contributed by atoms with Crippen molar-refractivity contribution in [3.05, 3.63) is 93.2 Å². The van der Waals surface area contributed by atoms with Crippen LogP contribution in [0.3, 0.4) is 0 Å². The smallest absolute Gasteiger partial charge is 0.326 e. The van der Waals surface area contributed by atoms with Crippen LogP contribution < -0.4 is 4.74 Å². The SMILES string of the molecule is CCOc1cc(C(C)(C)C)ncc1C1=N[C@@](C)(c2ccc(Cl)cc2)[C@@](C)(c2ccc(Cl)cc2)N1C(=O)N1CCC(CCO)CC1. The number of aliphatic imine (C=N–C) groups is 1. The van der Waals surface area contributed by atoms with Crippen molar-refractivity contribution in [3.63, 3.8) is 0 Å². The highest BCUT2D eigenvalue weighted by Crippen LogP contribution is 2.54. The molecule has 3 heterocycles. The molecule has 2 aromatic carbocycles. The average Bonchev–Trinajstić information content (AvgIpc) is 3.25. The van der Waals surface area contributed by atoms with Gasteiger partial charge >= 0.3 is 6.03 Å². The molecule has 2 atom stereocenters. The number of amidine groups is 1. The molecule has 240 valence electrons. The van der Waals surface area contributed by atoms with E-state index in [9.17, 15) is 9.90 Å². The van der Waals surface area contributed by atoms with Crippen LogP contribution in [0.5, 0.6) is 5.75 Å². The first-order chi connectivity index (χ1) is 21.3. The Hall–Kier alpha value is -3.13. The van der Waals surface area contributed by atoms with Crippen molar-refractivity contribution in [1.82, 2.24) is 14.8 Å². The fraction of sp³-hybridized carbons (Fsp3) is 0.472. The highest BCUT2D eigenvalue weighted by molar-refractivity contribution is 6.30. The lowest BCUT2D eigenvalue weighted by Crippen LogP contribution is -2.59. The van der Waals surface area contributed by atoms with Crippen molar-refractivity contribution in [1.29, 1.82) is 0 Å². The largest absolute Gasteiger partial charge is 0.493 e. The van der Waals surface area contributed by atoms with Crippen LogP contribution in [0.1, 0.15) is 83.2 Å². The highest BCUT2D eigenvalue weighted by Gasteiger charge is 2.60. The van der Waals surface area contributed by atoms with Gasteiger partial charge in [-0.2, -0.15) is 0 Å². The van der Waals surface area contributed by atoms with Crippen LogP contribution in [0.2, 0.25) is 10.0 Å². The number of halogens is 2. The summed E-state index contributed by atoms with van der Waals surface area (Å²) in [5, 5.41) is 10.8. The van der Waals surface area contributed by atoms with Crippen molar-refractivity contribution in [2.75, 3.05) is 26.3 Å². The van der Waals surface area contributed by atoms with E-state index in [1.54, 1.807) is 6.20 Å². The third kappa shape index (κ3) is 6.19. The number of rotatable bonds is 7. The van der Waals surface area contributed by atoms with E-state index in [0.29, 0.717) is 52.8 Å². The van der Waals surface area contributed by atoms with Crippen molar-refractivity contribution in [3.8, 4) is 5.75 Å². The Morgan fingerprint density at radius 3 is 2.11 bits per heavy atom. The molecular weight excluding hydrogens is 607 g/mol. The number of urea groups is 1. The standard InChI is InChI=1S/C36H44Cl2N4O3/c1-7-45-30-22-31(34(2,3)4)39-23-29(30)32-40-35(5,25-8-12-27(37)13-9-25)36(6,26-10-14-28(38)15-11-26)42(32)33(44)41-19-16-24(17-20-41)18-21-43/h8-15,22-24,43H,7,16-21H2,1-6H3/t35-,36+/m0/s1. The number of aliphatic hydroxyl groups excluding tert-OH is 1. The average molecular weight is 652 g/mol. The molecule has 1 aromatic heterocycles. The van der Waals surface area contributed by atoms with E-state index in [0.717, 1.165) is 36.1 Å². The van der Waals surface area contributed by atoms with E-state index in [2.05, 4.69) is 34.6 Å². The summed E-state index contributed by atoms with van der Waals surface area (Å²) in [6.45, 7) is 14.2. The number of benzene rings is 2. The molecule has 45 heavy (non-hydrogen) atoms. The summed E-state index contributed by atoms with van der Waals surface area (Å²) in [5.41, 5.74) is 1.24. The second kappa shape index (κ2) is 12.9. The van der Waals surface area contributed by atoms with E-state index in [-0.39, 0.29) is 18.1 Å². The molecule has 2 aliphatic rings. The molecule has 9 heteroatoms. The number of hydrogen-bond donors (Lipinski definition) is 1. The zero-order valence-electron chi connectivity index (χ0n) is 27.1. The van der Waals surface area contributed by atoms with Crippen molar-refractivity contribution < 1.29 is 14.6 Å². The van der Waals surface area contributed by atoms with Gasteiger partial charge in [-0.25, -0.2) is 4.79 Å². The summed E-state index contributed by atoms with van der Waals surface area (Å²) < 4.78 is 6.25. The minimum atomic E-state index is -0.980. The minimum Gasteiger partial charge on any atom is -0.493 e. The Morgan fingerprint density at radius 1 is 1.00 bits per heavy atom. The summed E-state index contributed by atoms with van der Waals surface area (Å²) in [6.07, 6.45) is 4.22. The van der Waals surface area contributed by atoms with Gasteiger partial charge in [0, 0.05) is 53.1 Å². The third-order valence-corrected chi connectivity index (χ3v) is 10.0. The maximum Gasteiger partial charge on any atom is 0.326 e. The molecule has 2 amide bonds. The summed E-state index contributed by atoms with van der Waals surface area (Å²) in [4.78, 5) is 29.1. The molecular formula is C36H44Cl2N4O3. The number of aromatic nitrogens is 1. The maximum absolute atomic E-state index is 15.0. The number of pyridine rings is 1. The number of carbonyl (C=O) groups excluding carboxylic acids is 1. The van der Waals surface area contributed by atoms with Gasteiger partial charge in [-0.05, 0) is 81.3 Å². The molecule has 1 fully saturated rings. The summed E-state index contributed by atoms with van der Waals surface area (Å²) in [6, 6.07) is 17.2. The Morgan fingerprint density at radius 2 is 1.58 bits per heavy atom. The van der Waals surface area contributed by atoms with E-state index in [1.807, 2.05) is 71.3 Å². The normalized spacial score (nSPS) is 22.5. The second-order valence-corrected chi connectivity index (χ2v) is 14.3. The van der Waals surface area contributed by atoms with Crippen molar-refractivity contribution in [2.45, 2.75) is 77.3 Å². The molecule has 0 aliphatic carbocycles. The number of nitrogens with zero attached hydrogens (tertiary/aromatic N) is 4. The molecule has 0 saturated carbocycles. The third-order valence-electron chi connectivity index (χ3n) is 9.54. The summed E-state index contributed by atoms with van der Waals surface area (Å²) >= 11 is 12.7. The van der Waals surface area contributed by atoms with E-state index >= 15 is 0 Å². The fourth-order valence-electron chi connectivity index (χ4n) is 6.59. The van der Waals surface area contributed by atoms with Gasteiger partial charge in [0.05, 0.1) is 12.2 Å². The lowest BCUT2D eigenvalue weighted by molar-refractivity contribution is 0.0940. The highest BCUT2D eigenvalue weighted by atomic mass is 35.5. The number of aliphatic hydroxyl groups is 1. The topological polar surface area (TPSA) is 78.3 Å². The number of hydrogen-bond acceptors (Lipinski definition) is 5. The van der Waals surface area contributed by atoms with Crippen LogP contribution in [0, 0.1) is 5.92 Å². The molecule has 3 aromatic rings. The van der Waals surface area contributed by atoms with Gasteiger partial charge in [0.1, 0.15) is 22.7 Å². The van der Waals surface area contributed by atoms with Crippen LogP contribution in [0.25, 0.3) is 0 Å². The van der Waals surface area contributed by atoms with Crippen LogP contribution in [0.4, 0.5) is 4.79 Å². The Labute approximate surface area is 277 Å². The number of piperidine rings is 1. The van der Waals surface area contributed by atoms with E-state index in [1.165, 1.54) is 0 Å². The monoisotopic (exact) mass is 650 g/mol. The van der Waals surface area contributed by atoms with Gasteiger partial charge in [0.25, 0.3) is 0 Å². The second-order valence-electron chi connectivity index (χ2n) is 13.4.